The van der Waals surface area contributed by atoms with Crippen molar-refractivity contribution in [3.05, 3.63) is 161 Å². The van der Waals surface area contributed by atoms with Crippen LogP contribution in [-0.4, -0.2) is 37.2 Å². The van der Waals surface area contributed by atoms with Crippen LogP contribution in [0.3, 0.4) is 0 Å². The minimum Gasteiger partial charge on any atom is -0.325 e. The highest BCUT2D eigenvalue weighted by Gasteiger charge is 2.20. The Bertz CT molecular complexity index is 2340. The number of aromatic nitrogens is 4. The molecule has 50 heavy (non-hydrogen) atoms. The summed E-state index contributed by atoms with van der Waals surface area (Å²) in [6.45, 7) is 0. The maximum atomic E-state index is 13.1. The number of amides is 1. The second kappa shape index (κ2) is 14.9. The summed E-state index contributed by atoms with van der Waals surface area (Å²) in [5.41, 5.74) is 6.18. The maximum absolute atomic E-state index is 13.1. The molecular weight excluding hydrogens is 685 g/mol. The number of hydrogen-bond donors (Lipinski definition) is 1. The smallest absolute Gasteiger partial charge is 0.234 e. The fourth-order valence-corrected chi connectivity index (χ4v) is 6.37. The van der Waals surface area contributed by atoms with Gasteiger partial charge in [-0.05, 0) is 84.4 Å². The van der Waals surface area contributed by atoms with Gasteiger partial charge in [-0.25, -0.2) is 4.98 Å². The van der Waals surface area contributed by atoms with Gasteiger partial charge in [-0.3, -0.25) is 14.2 Å². The van der Waals surface area contributed by atoms with Gasteiger partial charge in [0.1, 0.15) is 0 Å². The minimum atomic E-state index is -0.222. The van der Waals surface area contributed by atoms with Crippen molar-refractivity contribution in [1.29, 1.82) is 0 Å². The Labute approximate surface area is 302 Å². The fourth-order valence-electron chi connectivity index (χ4n) is 5.36. The van der Waals surface area contributed by atoms with Crippen molar-refractivity contribution in [2.24, 2.45) is 0 Å². The van der Waals surface area contributed by atoms with E-state index < -0.39 is 0 Å². The number of ketones is 1. The molecule has 0 saturated heterocycles. The summed E-state index contributed by atoms with van der Waals surface area (Å²) in [5.74, 6) is 0.341. The van der Waals surface area contributed by atoms with Crippen molar-refractivity contribution in [2.75, 3.05) is 11.1 Å². The van der Waals surface area contributed by atoms with Crippen molar-refractivity contribution in [1.82, 2.24) is 19.7 Å². The predicted molar refractivity (Wildman–Crippen MR) is 203 cm³/mol. The number of thioether (sulfide) groups is 1. The van der Waals surface area contributed by atoms with E-state index in [0.717, 1.165) is 39.0 Å². The Kier molecular flexibility index (Phi) is 9.84. The van der Waals surface area contributed by atoms with Crippen LogP contribution in [0.25, 0.3) is 45.3 Å². The molecule has 1 amide bonds. The number of fused-ring (bicyclic) bond motifs is 1. The van der Waals surface area contributed by atoms with Crippen LogP contribution in [0.2, 0.25) is 10.0 Å². The van der Waals surface area contributed by atoms with Gasteiger partial charge in [0, 0.05) is 43.5 Å². The monoisotopic (exact) mass is 711 g/mol. The van der Waals surface area contributed by atoms with Crippen LogP contribution >= 0.6 is 35.0 Å². The molecule has 10 heteroatoms. The number of para-hydroxylation sites is 2. The van der Waals surface area contributed by atoms with Gasteiger partial charge in [0.05, 0.1) is 17.0 Å². The first-order valence-corrected chi connectivity index (χ1v) is 17.3. The van der Waals surface area contributed by atoms with Gasteiger partial charge in [-0.2, -0.15) is 0 Å². The van der Waals surface area contributed by atoms with Crippen LogP contribution in [0.4, 0.5) is 5.69 Å². The number of rotatable bonds is 10. The molecule has 2 heterocycles. The molecule has 244 valence electrons. The first kappa shape index (κ1) is 33.0. The Morgan fingerprint density at radius 3 is 2.18 bits per heavy atom. The van der Waals surface area contributed by atoms with E-state index in [1.54, 1.807) is 42.5 Å². The molecule has 7 nitrogen and oxygen atoms in total. The largest absolute Gasteiger partial charge is 0.325 e. The summed E-state index contributed by atoms with van der Waals surface area (Å²) in [7, 11) is 0. The molecule has 5 aromatic carbocycles. The second-order valence-corrected chi connectivity index (χ2v) is 13.0. The van der Waals surface area contributed by atoms with E-state index in [2.05, 4.69) is 15.5 Å². The van der Waals surface area contributed by atoms with Crippen LogP contribution in [0.15, 0.2) is 145 Å². The number of hydrogen-bond acceptors (Lipinski definition) is 6. The first-order valence-electron chi connectivity index (χ1n) is 15.6. The van der Waals surface area contributed by atoms with Crippen LogP contribution in [0.5, 0.6) is 0 Å². The van der Waals surface area contributed by atoms with E-state index in [-0.39, 0.29) is 17.4 Å². The number of benzene rings is 5. The molecule has 0 fully saturated rings. The number of carbonyl (C=O) groups excluding carboxylic acids is 2. The molecule has 0 aliphatic heterocycles. The van der Waals surface area contributed by atoms with Gasteiger partial charge < -0.3 is 5.32 Å². The molecule has 0 saturated carbocycles. The third-order valence-corrected chi connectivity index (χ3v) is 9.26. The lowest BCUT2D eigenvalue weighted by Gasteiger charge is -2.13. The number of anilines is 1. The molecule has 0 bridgehead atoms. The zero-order valence-corrected chi connectivity index (χ0v) is 28.7. The molecule has 2 aromatic heterocycles. The Hall–Kier alpha value is -5.54. The van der Waals surface area contributed by atoms with Crippen molar-refractivity contribution < 1.29 is 9.59 Å². The quantitative estimate of drug-likeness (QED) is 0.0863. The number of pyridine rings is 1. The number of allylic oxidation sites excluding steroid dienone is 1. The molecule has 0 aliphatic rings. The fraction of sp³-hybridized carbons (Fsp3) is 0.0250. The molecule has 0 unspecified atom stereocenters. The Balaban J connectivity index is 1.11. The Morgan fingerprint density at radius 1 is 0.760 bits per heavy atom. The molecule has 7 rings (SSSR count). The van der Waals surface area contributed by atoms with E-state index in [0.29, 0.717) is 32.3 Å². The minimum absolute atomic E-state index is 0.0859. The molecule has 0 spiro atoms. The predicted octanol–water partition coefficient (Wildman–Crippen LogP) is 10.1. The summed E-state index contributed by atoms with van der Waals surface area (Å²) in [4.78, 5) is 30.7. The normalized spacial score (nSPS) is 11.2. The lowest BCUT2D eigenvalue weighted by Crippen LogP contribution is -2.14. The summed E-state index contributed by atoms with van der Waals surface area (Å²) >= 11 is 13.4. The second-order valence-electron chi connectivity index (χ2n) is 11.2. The van der Waals surface area contributed by atoms with E-state index in [1.807, 2.05) is 102 Å². The number of nitrogens with one attached hydrogen (secondary N) is 1. The molecule has 0 aliphatic carbocycles. The number of carbonyl (C=O) groups is 2. The van der Waals surface area contributed by atoms with E-state index in [4.69, 9.17) is 28.2 Å². The van der Waals surface area contributed by atoms with Gasteiger partial charge in [-0.1, -0.05) is 102 Å². The lowest BCUT2D eigenvalue weighted by atomic mass is 10.0. The van der Waals surface area contributed by atoms with Gasteiger partial charge in [0.15, 0.2) is 16.8 Å². The van der Waals surface area contributed by atoms with Crippen molar-refractivity contribution in [3.63, 3.8) is 0 Å². The average molecular weight is 713 g/mol. The van der Waals surface area contributed by atoms with Gasteiger partial charge in [0.2, 0.25) is 5.91 Å². The highest BCUT2D eigenvalue weighted by molar-refractivity contribution is 7.99. The van der Waals surface area contributed by atoms with E-state index in [9.17, 15) is 9.59 Å². The van der Waals surface area contributed by atoms with Gasteiger partial charge in [-0.15, -0.1) is 10.2 Å². The molecule has 0 radical (unpaired) electrons. The molecule has 1 N–H and O–H groups in total. The standard InChI is InChI=1S/C40H27Cl2N5O2S/c41-29-17-10-26(11-18-29)12-23-37(48)28-15-21-31(22-16-28)43-38(49)25-50-40-46-45-39(47(40)32-6-2-1-3-7-32)34-24-36(27-13-19-30(42)20-14-27)44-35-9-5-4-8-33(34)35/h1-24H,25H2,(H,43,49)/b23-12+. The Morgan fingerprint density at radius 2 is 1.44 bits per heavy atom. The highest BCUT2D eigenvalue weighted by Crippen LogP contribution is 2.35. The van der Waals surface area contributed by atoms with Crippen molar-refractivity contribution >= 4 is 69.3 Å². The molecular formula is C40H27Cl2N5O2S. The van der Waals surface area contributed by atoms with Crippen LogP contribution in [0, 0.1) is 0 Å². The number of halogens is 2. The maximum Gasteiger partial charge on any atom is 0.234 e. The van der Waals surface area contributed by atoms with Gasteiger partial charge >= 0.3 is 0 Å². The zero-order valence-electron chi connectivity index (χ0n) is 26.3. The summed E-state index contributed by atoms with van der Waals surface area (Å²) in [6, 6.07) is 41.3. The van der Waals surface area contributed by atoms with Crippen LogP contribution in [0.1, 0.15) is 15.9 Å². The molecule has 0 atom stereocenters. The topological polar surface area (TPSA) is 89.8 Å². The summed E-state index contributed by atoms with van der Waals surface area (Å²) in [5, 5.41) is 14.9. The van der Waals surface area contributed by atoms with E-state index >= 15 is 0 Å². The number of nitrogens with zero attached hydrogens (tertiary/aromatic N) is 4. The third-order valence-electron chi connectivity index (χ3n) is 7.83. The SMILES string of the molecule is O=C(CSc1nnc(-c2cc(-c3ccc(Cl)cc3)nc3ccccc23)n1-c1ccccc1)Nc1ccc(C(=O)/C=C/c2ccc(Cl)cc2)cc1. The van der Waals surface area contributed by atoms with Crippen molar-refractivity contribution in [2.45, 2.75) is 5.16 Å². The average Bonchev–Trinajstić information content (AvgIpc) is 3.58. The zero-order chi connectivity index (χ0) is 34.5. The van der Waals surface area contributed by atoms with Crippen LogP contribution < -0.4 is 5.32 Å². The highest BCUT2D eigenvalue weighted by atomic mass is 35.5. The third kappa shape index (κ3) is 7.53. The van der Waals surface area contributed by atoms with Crippen molar-refractivity contribution in [3.8, 4) is 28.3 Å². The van der Waals surface area contributed by atoms with Gasteiger partial charge in [0.25, 0.3) is 0 Å². The molecule has 7 aromatic rings. The van der Waals surface area contributed by atoms with Crippen LogP contribution in [-0.2, 0) is 4.79 Å². The van der Waals surface area contributed by atoms with E-state index in [1.165, 1.54) is 17.8 Å². The first-order chi connectivity index (χ1) is 24.4. The lowest BCUT2D eigenvalue weighted by molar-refractivity contribution is -0.113. The summed E-state index contributed by atoms with van der Waals surface area (Å²) < 4.78 is 1.96. The summed E-state index contributed by atoms with van der Waals surface area (Å²) in [6.07, 6.45) is 3.25.